The number of rotatable bonds is 3. The van der Waals surface area contributed by atoms with E-state index in [-0.39, 0.29) is 5.60 Å². The quantitative estimate of drug-likeness (QED) is 0.707. The average Bonchev–Trinajstić information content (AvgIpc) is 2.66. The van der Waals surface area contributed by atoms with Crippen LogP contribution in [0.2, 0.25) is 0 Å². The van der Waals surface area contributed by atoms with Gasteiger partial charge in [0.05, 0.1) is 5.60 Å². The summed E-state index contributed by atoms with van der Waals surface area (Å²) in [5.41, 5.74) is 0.250. The van der Waals surface area contributed by atoms with E-state index in [1.807, 2.05) is 0 Å². The van der Waals surface area contributed by atoms with Gasteiger partial charge >= 0.3 is 0 Å². The van der Waals surface area contributed by atoms with Gasteiger partial charge in [-0.15, -0.1) is 11.6 Å². The molecule has 1 spiro atoms. The molecule has 2 fully saturated rings. The molecule has 0 aromatic carbocycles. The van der Waals surface area contributed by atoms with Gasteiger partial charge in [-0.25, -0.2) is 0 Å². The van der Waals surface area contributed by atoms with Gasteiger partial charge in [0.1, 0.15) is 0 Å². The van der Waals surface area contributed by atoms with Crippen molar-refractivity contribution >= 4 is 23.4 Å². The molecule has 3 heteroatoms. The van der Waals surface area contributed by atoms with Crippen LogP contribution in [0.25, 0.3) is 0 Å². The van der Waals surface area contributed by atoms with Crippen molar-refractivity contribution in [2.45, 2.75) is 38.2 Å². The predicted octanol–water partition coefficient (Wildman–Crippen LogP) is 3.55. The van der Waals surface area contributed by atoms with Gasteiger partial charge in [-0.3, -0.25) is 0 Å². The molecule has 2 aliphatic heterocycles. The summed E-state index contributed by atoms with van der Waals surface area (Å²) in [6.07, 6.45) is 5.08. The fraction of sp³-hybridized carbons (Fsp3) is 1.00. The van der Waals surface area contributed by atoms with Crippen LogP contribution in [0, 0.1) is 11.8 Å². The fourth-order valence-corrected chi connectivity index (χ4v) is 4.33. The number of hydrogen-bond donors (Lipinski definition) is 0. The van der Waals surface area contributed by atoms with Crippen LogP contribution in [0.15, 0.2) is 0 Å². The predicted molar refractivity (Wildman–Crippen MR) is 67.9 cm³/mol. The first-order valence-corrected chi connectivity index (χ1v) is 7.71. The monoisotopic (exact) mass is 248 g/mol. The highest BCUT2D eigenvalue weighted by Crippen LogP contribution is 2.41. The van der Waals surface area contributed by atoms with Crippen molar-refractivity contribution < 1.29 is 4.74 Å². The van der Waals surface area contributed by atoms with Gasteiger partial charge < -0.3 is 4.74 Å². The Bertz CT molecular complexity index is 204. The van der Waals surface area contributed by atoms with E-state index >= 15 is 0 Å². The van der Waals surface area contributed by atoms with Gasteiger partial charge in [0.25, 0.3) is 0 Å². The van der Waals surface area contributed by atoms with Crippen molar-refractivity contribution in [3.8, 4) is 0 Å². The van der Waals surface area contributed by atoms with Crippen molar-refractivity contribution in [2.24, 2.45) is 11.8 Å². The van der Waals surface area contributed by atoms with E-state index in [1.165, 1.54) is 37.2 Å². The molecule has 3 unspecified atom stereocenters. The van der Waals surface area contributed by atoms with Crippen molar-refractivity contribution in [3.05, 3.63) is 0 Å². The topological polar surface area (TPSA) is 9.23 Å². The van der Waals surface area contributed by atoms with Gasteiger partial charge in [0.15, 0.2) is 0 Å². The van der Waals surface area contributed by atoms with Crippen molar-refractivity contribution in [3.63, 3.8) is 0 Å². The van der Waals surface area contributed by atoms with Gasteiger partial charge in [0, 0.05) is 18.2 Å². The normalized spacial score (nSPS) is 38.4. The number of hydrogen-bond acceptors (Lipinski definition) is 2. The van der Waals surface area contributed by atoms with E-state index < -0.39 is 0 Å². The summed E-state index contributed by atoms with van der Waals surface area (Å²) in [6, 6.07) is 0. The largest absolute Gasteiger partial charge is 0.374 e. The Balaban J connectivity index is 1.86. The molecule has 0 radical (unpaired) electrons. The summed E-state index contributed by atoms with van der Waals surface area (Å²) < 4.78 is 6.02. The Morgan fingerprint density at radius 2 is 2.47 bits per heavy atom. The maximum atomic E-state index is 6.02. The molecule has 0 saturated carbocycles. The number of thioether (sulfide) groups is 1. The zero-order valence-electron chi connectivity index (χ0n) is 9.51. The lowest BCUT2D eigenvalue weighted by atomic mass is 9.81. The third-order valence-electron chi connectivity index (χ3n) is 3.66. The van der Waals surface area contributed by atoms with E-state index in [1.54, 1.807) is 0 Å². The number of alkyl halides is 1. The molecule has 15 heavy (non-hydrogen) atoms. The lowest BCUT2D eigenvalue weighted by molar-refractivity contribution is -0.0820. The van der Waals surface area contributed by atoms with Crippen molar-refractivity contribution in [2.75, 3.05) is 24.0 Å². The number of ether oxygens (including phenoxy) is 1. The zero-order chi connectivity index (χ0) is 10.7. The molecule has 0 N–H and O–H groups in total. The highest BCUT2D eigenvalue weighted by molar-refractivity contribution is 7.99. The van der Waals surface area contributed by atoms with Gasteiger partial charge in [-0.2, -0.15) is 11.8 Å². The first-order chi connectivity index (χ1) is 7.24. The minimum atomic E-state index is 0.250. The Morgan fingerprint density at radius 3 is 3.13 bits per heavy atom. The van der Waals surface area contributed by atoms with Crippen LogP contribution in [-0.4, -0.2) is 29.6 Å². The van der Waals surface area contributed by atoms with Crippen LogP contribution < -0.4 is 0 Å². The Labute approximate surface area is 102 Å². The summed E-state index contributed by atoms with van der Waals surface area (Å²) in [5.74, 6) is 4.84. The minimum Gasteiger partial charge on any atom is -0.374 e. The summed E-state index contributed by atoms with van der Waals surface area (Å²) >= 11 is 7.94. The zero-order valence-corrected chi connectivity index (χ0v) is 11.1. The molecule has 0 aromatic heterocycles. The lowest BCUT2D eigenvalue weighted by Gasteiger charge is -2.38. The van der Waals surface area contributed by atoms with Crippen LogP contribution >= 0.6 is 23.4 Å². The highest BCUT2D eigenvalue weighted by atomic mass is 35.5. The van der Waals surface area contributed by atoms with Crippen molar-refractivity contribution in [1.82, 2.24) is 0 Å². The molecule has 2 saturated heterocycles. The first-order valence-electron chi connectivity index (χ1n) is 6.02. The first kappa shape index (κ1) is 12.1. The summed E-state index contributed by atoms with van der Waals surface area (Å²) in [7, 11) is 0. The molecule has 0 amide bonds. The Hall–Kier alpha value is 0.600. The van der Waals surface area contributed by atoms with Crippen LogP contribution in [0.4, 0.5) is 0 Å². The second kappa shape index (κ2) is 5.29. The van der Waals surface area contributed by atoms with Crippen LogP contribution in [-0.2, 0) is 4.74 Å². The summed E-state index contributed by atoms with van der Waals surface area (Å²) in [6.45, 7) is 3.23. The van der Waals surface area contributed by atoms with E-state index in [2.05, 4.69) is 18.7 Å². The smallest absolute Gasteiger partial charge is 0.0783 e. The van der Waals surface area contributed by atoms with Gasteiger partial charge in [-0.1, -0.05) is 6.92 Å². The second-order valence-corrected chi connectivity index (χ2v) is 6.60. The van der Waals surface area contributed by atoms with Gasteiger partial charge in [0.2, 0.25) is 0 Å². The van der Waals surface area contributed by atoms with E-state index in [9.17, 15) is 0 Å². The highest BCUT2D eigenvalue weighted by Gasteiger charge is 2.40. The molecule has 0 aromatic rings. The van der Waals surface area contributed by atoms with Crippen LogP contribution in [0.3, 0.4) is 0 Å². The van der Waals surface area contributed by atoms with E-state index in [4.69, 9.17) is 16.3 Å². The third-order valence-corrected chi connectivity index (χ3v) is 5.41. The molecule has 2 aliphatic rings. The second-order valence-electron chi connectivity index (χ2n) is 5.19. The summed E-state index contributed by atoms with van der Waals surface area (Å²) in [5, 5.41) is 0. The van der Waals surface area contributed by atoms with Crippen LogP contribution in [0.5, 0.6) is 0 Å². The Kier molecular flexibility index (Phi) is 4.25. The molecule has 1 nitrogen and oxygen atoms in total. The van der Waals surface area contributed by atoms with E-state index in [0.29, 0.717) is 5.92 Å². The molecule has 3 atom stereocenters. The SMILES string of the molecule is CC(CCl)CC1CCOC2(CCSC2)C1. The molecule has 0 bridgehead atoms. The third kappa shape index (κ3) is 3.04. The molecular formula is C12H21ClOS. The summed E-state index contributed by atoms with van der Waals surface area (Å²) in [4.78, 5) is 0. The molecule has 0 aliphatic carbocycles. The maximum absolute atomic E-state index is 6.02. The maximum Gasteiger partial charge on any atom is 0.0783 e. The lowest BCUT2D eigenvalue weighted by Crippen LogP contribution is -2.40. The van der Waals surface area contributed by atoms with Crippen LogP contribution in [0.1, 0.15) is 32.6 Å². The minimum absolute atomic E-state index is 0.250. The number of halogens is 1. The molecule has 88 valence electrons. The molecule has 2 rings (SSSR count). The van der Waals surface area contributed by atoms with Crippen molar-refractivity contribution in [1.29, 1.82) is 0 Å². The average molecular weight is 249 g/mol. The molecular weight excluding hydrogens is 228 g/mol. The van der Waals surface area contributed by atoms with Gasteiger partial charge in [-0.05, 0) is 43.3 Å². The standard InChI is InChI=1S/C12H21ClOS/c1-10(8-13)6-11-2-4-14-12(7-11)3-5-15-9-12/h10-11H,2-9H2,1H3. The van der Waals surface area contributed by atoms with E-state index in [0.717, 1.165) is 18.4 Å². The molecule has 2 heterocycles. The fourth-order valence-electron chi connectivity index (χ4n) is 2.83. The Morgan fingerprint density at radius 1 is 1.60 bits per heavy atom.